The lowest BCUT2D eigenvalue weighted by Crippen LogP contribution is -2.41. The number of rotatable bonds is 4. The first-order chi connectivity index (χ1) is 9.60. The van der Waals surface area contributed by atoms with Gasteiger partial charge in [-0.1, -0.05) is 23.2 Å². The van der Waals surface area contributed by atoms with Crippen LogP contribution in [0.3, 0.4) is 0 Å². The maximum atomic E-state index is 12.0. The molecule has 20 heavy (non-hydrogen) atoms. The minimum atomic E-state index is -0.0718. The van der Waals surface area contributed by atoms with Crippen molar-refractivity contribution < 1.29 is 14.6 Å². The first-order valence-corrected chi connectivity index (χ1v) is 7.32. The second kappa shape index (κ2) is 7.16. The molecule has 1 saturated heterocycles. The molecule has 0 radical (unpaired) electrons. The lowest BCUT2D eigenvalue weighted by Gasteiger charge is -2.31. The van der Waals surface area contributed by atoms with Crippen LogP contribution in [0, 0.1) is 5.92 Å². The Bertz CT molecular complexity index is 473. The van der Waals surface area contributed by atoms with E-state index in [9.17, 15) is 4.79 Å². The highest BCUT2D eigenvalue weighted by molar-refractivity contribution is 6.34. The molecule has 1 aromatic carbocycles. The van der Waals surface area contributed by atoms with Crippen molar-refractivity contribution in [2.45, 2.75) is 12.8 Å². The van der Waals surface area contributed by atoms with Gasteiger partial charge >= 0.3 is 0 Å². The number of aliphatic hydroxyl groups excluding tert-OH is 1. The van der Waals surface area contributed by atoms with E-state index in [0.717, 1.165) is 12.8 Å². The molecular formula is C14H17Cl2NO3. The van der Waals surface area contributed by atoms with Gasteiger partial charge in [0, 0.05) is 30.8 Å². The average Bonchev–Trinajstić information content (AvgIpc) is 2.48. The number of likely N-dealkylation sites (tertiary alicyclic amines) is 1. The fraction of sp³-hybridized carbons (Fsp3) is 0.500. The molecule has 1 aliphatic rings. The quantitative estimate of drug-likeness (QED) is 0.928. The predicted octanol–water partition coefficient (Wildman–Crippen LogP) is 2.60. The number of piperidine rings is 1. The summed E-state index contributed by atoms with van der Waals surface area (Å²) in [6.07, 6.45) is 1.67. The molecule has 1 heterocycles. The van der Waals surface area contributed by atoms with Crippen LogP contribution in [0.1, 0.15) is 12.8 Å². The number of halogens is 2. The molecule has 0 saturated carbocycles. The van der Waals surface area contributed by atoms with E-state index in [1.54, 1.807) is 23.1 Å². The van der Waals surface area contributed by atoms with Gasteiger partial charge in [-0.05, 0) is 30.9 Å². The normalized spacial score (nSPS) is 16.2. The van der Waals surface area contributed by atoms with E-state index < -0.39 is 0 Å². The van der Waals surface area contributed by atoms with E-state index >= 15 is 0 Å². The summed E-state index contributed by atoms with van der Waals surface area (Å²) >= 11 is 11.8. The summed E-state index contributed by atoms with van der Waals surface area (Å²) < 4.78 is 5.43. The van der Waals surface area contributed by atoms with Crippen LogP contribution < -0.4 is 4.74 Å². The zero-order valence-corrected chi connectivity index (χ0v) is 12.5. The largest absolute Gasteiger partial charge is 0.482 e. The Morgan fingerprint density at radius 3 is 2.70 bits per heavy atom. The van der Waals surface area contributed by atoms with E-state index in [4.69, 9.17) is 33.0 Å². The van der Waals surface area contributed by atoms with Crippen molar-refractivity contribution in [1.82, 2.24) is 4.90 Å². The molecule has 0 aliphatic carbocycles. The van der Waals surface area contributed by atoms with Crippen molar-refractivity contribution in [3.63, 3.8) is 0 Å². The predicted molar refractivity (Wildman–Crippen MR) is 78.3 cm³/mol. The minimum Gasteiger partial charge on any atom is -0.482 e. The molecule has 2 rings (SSSR count). The van der Waals surface area contributed by atoms with Gasteiger partial charge in [0.25, 0.3) is 5.91 Å². The number of ether oxygens (including phenoxy) is 1. The maximum absolute atomic E-state index is 12.0. The van der Waals surface area contributed by atoms with Crippen LogP contribution in [-0.2, 0) is 4.79 Å². The van der Waals surface area contributed by atoms with Gasteiger partial charge in [-0.3, -0.25) is 4.79 Å². The summed E-state index contributed by atoms with van der Waals surface area (Å²) in [7, 11) is 0. The van der Waals surface area contributed by atoms with Gasteiger partial charge in [0.2, 0.25) is 0 Å². The van der Waals surface area contributed by atoms with Gasteiger partial charge < -0.3 is 14.7 Å². The highest BCUT2D eigenvalue weighted by Gasteiger charge is 2.22. The van der Waals surface area contributed by atoms with Crippen LogP contribution in [-0.4, -0.2) is 42.2 Å². The molecular weight excluding hydrogens is 301 g/mol. The van der Waals surface area contributed by atoms with Crippen molar-refractivity contribution in [2.75, 3.05) is 26.3 Å². The Morgan fingerprint density at radius 1 is 1.35 bits per heavy atom. The van der Waals surface area contributed by atoms with Crippen molar-refractivity contribution >= 4 is 29.1 Å². The van der Waals surface area contributed by atoms with Crippen LogP contribution in [0.25, 0.3) is 0 Å². The van der Waals surface area contributed by atoms with Crippen LogP contribution in [0.15, 0.2) is 18.2 Å². The zero-order chi connectivity index (χ0) is 14.5. The van der Waals surface area contributed by atoms with E-state index in [2.05, 4.69) is 0 Å². The third-order valence-corrected chi connectivity index (χ3v) is 4.02. The zero-order valence-electron chi connectivity index (χ0n) is 11.0. The Morgan fingerprint density at radius 2 is 2.05 bits per heavy atom. The summed E-state index contributed by atoms with van der Waals surface area (Å²) in [6, 6.07) is 4.89. The minimum absolute atomic E-state index is 0.0517. The van der Waals surface area contributed by atoms with Crippen LogP contribution >= 0.6 is 23.2 Å². The van der Waals surface area contributed by atoms with E-state index in [1.165, 1.54) is 0 Å². The highest BCUT2D eigenvalue weighted by atomic mass is 35.5. The first-order valence-electron chi connectivity index (χ1n) is 6.56. The van der Waals surface area contributed by atoms with Gasteiger partial charge in [-0.25, -0.2) is 0 Å². The van der Waals surface area contributed by atoms with E-state index in [0.29, 0.717) is 34.8 Å². The number of nitrogens with zero attached hydrogens (tertiary/aromatic N) is 1. The Labute approximate surface area is 128 Å². The van der Waals surface area contributed by atoms with Crippen molar-refractivity contribution in [2.24, 2.45) is 5.92 Å². The van der Waals surface area contributed by atoms with Gasteiger partial charge in [0.15, 0.2) is 6.61 Å². The Kier molecular flexibility index (Phi) is 5.52. The smallest absolute Gasteiger partial charge is 0.260 e. The topological polar surface area (TPSA) is 49.8 Å². The molecule has 110 valence electrons. The van der Waals surface area contributed by atoms with Gasteiger partial charge in [0.05, 0.1) is 5.02 Å². The molecule has 1 aromatic rings. The molecule has 6 heteroatoms. The molecule has 0 aromatic heterocycles. The lowest BCUT2D eigenvalue weighted by atomic mass is 9.98. The molecule has 1 aliphatic heterocycles. The Balaban J connectivity index is 1.85. The third-order valence-electron chi connectivity index (χ3n) is 3.47. The van der Waals surface area contributed by atoms with Gasteiger partial charge in [-0.15, -0.1) is 0 Å². The van der Waals surface area contributed by atoms with Crippen molar-refractivity contribution in [3.05, 3.63) is 28.2 Å². The standard InChI is InChI=1S/C14H17Cl2NO3/c15-11-1-2-12(16)13(7-11)20-9-14(19)17-5-3-10(8-18)4-6-17/h1-2,7,10,18H,3-6,8-9H2. The molecule has 0 atom stereocenters. The number of carbonyl (C=O) groups is 1. The number of hydrogen-bond donors (Lipinski definition) is 1. The third kappa shape index (κ3) is 4.01. The number of benzene rings is 1. The number of hydrogen-bond acceptors (Lipinski definition) is 3. The second-order valence-electron chi connectivity index (χ2n) is 4.87. The molecule has 1 fully saturated rings. The van der Waals surface area contributed by atoms with Crippen LogP contribution in [0.4, 0.5) is 0 Å². The number of aliphatic hydroxyl groups is 1. The monoisotopic (exact) mass is 317 g/mol. The maximum Gasteiger partial charge on any atom is 0.260 e. The fourth-order valence-corrected chi connectivity index (χ4v) is 2.52. The molecule has 0 bridgehead atoms. The highest BCUT2D eigenvalue weighted by Crippen LogP contribution is 2.27. The van der Waals surface area contributed by atoms with Gasteiger partial charge in [0.1, 0.15) is 5.75 Å². The average molecular weight is 318 g/mol. The number of carbonyl (C=O) groups excluding carboxylic acids is 1. The number of amides is 1. The molecule has 4 nitrogen and oxygen atoms in total. The summed E-state index contributed by atoms with van der Waals surface area (Å²) in [6.45, 7) is 1.47. The first kappa shape index (κ1) is 15.4. The van der Waals surface area contributed by atoms with Crippen LogP contribution in [0.2, 0.25) is 10.0 Å². The van der Waals surface area contributed by atoms with Crippen LogP contribution in [0.5, 0.6) is 5.75 Å². The van der Waals surface area contributed by atoms with E-state index in [-0.39, 0.29) is 19.1 Å². The van der Waals surface area contributed by atoms with E-state index in [1.807, 2.05) is 0 Å². The van der Waals surface area contributed by atoms with Crippen molar-refractivity contribution in [3.8, 4) is 5.75 Å². The summed E-state index contributed by atoms with van der Waals surface area (Å²) in [5, 5.41) is 10.0. The summed E-state index contributed by atoms with van der Waals surface area (Å²) in [5.41, 5.74) is 0. The fourth-order valence-electron chi connectivity index (χ4n) is 2.18. The summed E-state index contributed by atoms with van der Waals surface area (Å²) in [4.78, 5) is 13.8. The molecule has 0 unspecified atom stereocenters. The van der Waals surface area contributed by atoms with Crippen molar-refractivity contribution in [1.29, 1.82) is 0 Å². The molecule has 0 spiro atoms. The Hall–Kier alpha value is -0.970. The lowest BCUT2D eigenvalue weighted by molar-refractivity contribution is -0.134. The molecule has 1 N–H and O–H groups in total. The molecule has 1 amide bonds. The second-order valence-corrected chi connectivity index (χ2v) is 5.71. The SMILES string of the molecule is O=C(COc1cc(Cl)ccc1Cl)N1CCC(CO)CC1. The van der Waals surface area contributed by atoms with Gasteiger partial charge in [-0.2, -0.15) is 0 Å². The summed E-state index contributed by atoms with van der Waals surface area (Å²) in [5.74, 6) is 0.650.